The van der Waals surface area contributed by atoms with Crippen molar-refractivity contribution in [3.8, 4) is 0 Å². The van der Waals surface area contributed by atoms with Gasteiger partial charge in [-0.05, 0) is 38.0 Å². The fourth-order valence-electron chi connectivity index (χ4n) is 1.96. The van der Waals surface area contributed by atoms with Gasteiger partial charge in [-0.15, -0.1) is 0 Å². The van der Waals surface area contributed by atoms with Crippen molar-refractivity contribution in [2.75, 3.05) is 0 Å². The van der Waals surface area contributed by atoms with Crippen LogP contribution in [0, 0.1) is 0 Å². The van der Waals surface area contributed by atoms with E-state index in [9.17, 15) is 4.79 Å². The van der Waals surface area contributed by atoms with Crippen LogP contribution in [0.3, 0.4) is 0 Å². The summed E-state index contributed by atoms with van der Waals surface area (Å²) in [6.45, 7) is 7.94. The van der Waals surface area contributed by atoms with Gasteiger partial charge < -0.3 is 15.8 Å². The summed E-state index contributed by atoms with van der Waals surface area (Å²) in [5.74, 6) is -0.915. The average molecular weight is 262 g/mol. The largest absolute Gasteiger partial charge is 0.478 e. The van der Waals surface area contributed by atoms with Gasteiger partial charge in [-0.25, -0.2) is 4.79 Å². The van der Waals surface area contributed by atoms with Crippen LogP contribution in [0.2, 0.25) is 0 Å². The average Bonchev–Trinajstić information content (AvgIpc) is 2.72. The standard InChI is InChI=1S/C13H16N2O2.C2H6/c1-13(2,14)6-9-7-15-11-5-8(12(16)17)3-4-10(9)11;1-2/h3-5,7,15H,6,14H2,1-2H3,(H,16,17);1-2H3. The van der Waals surface area contributed by atoms with Gasteiger partial charge in [-0.3, -0.25) is 0 Å². The maximum atomic E-state index is 10.8. The van der Waals surface area contributed by atoms with Crippen molar-refractivity contribution in [2.24, 2.45) is 5.73 Å². The van der Waals surface area contributed by atoms with E-state index in [-0.39, 0.29) is 11.1 Å². The normalized spacial score (nSPS) is 11.0. The van der Waals surface area contributed by atoms with Crippen LogP contribution >= 0.6 is 0 Å². The fourth-order valence-corrected chi connectivity index (χ4v) is 1.96. The molecule has 0 amide bonds. The van der Waals surface area contributed by atoms with Crippen LogP contribution in [0.1, 0.15) is 43.6 Å². The number of carboxylic acids is 1. The number of H-pyrrole nitrogens is 1. The third-order valence-electron chi connectivity index (χ3n) is 2.66. The summed E-state index contributed by atoms with van der Waals surface area (Å²) in [7, 11) is 0. The van der Waals surface area contributed by atoms with E-state index in [0.717, 1.165) is 22.9 Å². The van der Waals surface area contributed by atoms with E-state index in [4.69, 9.17) is 10.8 Å². The second-order valence-corrected chi connectivity index (χ2v) is 5.04. The summed E-state index contributed by atoms with van der Waals surface area (Å²) in [6, 6.07) is 5.09. The molecule has 0 radical (unpaired) electrons. The zero-order chi connectivity index (χ0) is 14.6. The Balaban J connectivity index is 0.000000861. The molecule has 2 rings (SSSR count). The second kappa shape index (κ2) is 5.89. The van der Waals surface area contributed by atoms with Gasteiger partial charge in [-0.1, -0.05) is 19.9 Å². The van der Waals surface area contributed by atoms with E-state index < -0.39 is 5.97 Å². The summed E-state index contributed by atoms with van der Waals surface area (Å²) in [4.78, 5) is 13.9. The van der Waals surface area contributed by atoms with E-state index >= 15 is 0 Å². The van der Waals surface area contributed by atoms with Gasteiger partial charge >= 0.3 is 5.97 Å². The molecule has 19 heavy (non-hydrogen) atoms. The summed E-state index contributed by atoms with van der Waals surface area (Å²) >= 11 is 0. The molecule has 0 unspecified atom stereocenters. The number of aromatic amines is 1. The van der Waals surface area contributed by atoms with Crippen LogP contribution in [0.5, 0.6) is 0 Å². The summed E-state index contributed by atoms with van der Waals surface area (Å²) in [5, 5.41) is 9.94. The van der Waals surface area contributed by atoms with E-state index in [1.165, 1.54) is 0 Å². The highest BCUT2D eigenvalue weighted by Gasteiger charge is 2.15. The number of aromatic nitrogens is 1. The number of benzene rings is 1. The lowest BCUT2D eigenvalue weighted by molar-refractivity contribution is 0.0697. The minimum atomic E-state index is -0.915. The molecule has 1 heterocycles. The summed E-state index contributed by atoms with van der Waals surface area (Å²) in [5.41, 5.74) is 7.95. The van der Waals surface area contributed by atoms with Crippen molar-refractivity contribution in [2.45, 2.75) is 39.7 Å². The Bertz CT molecular complexity index is 565. The molecule has 0 fully saturated rings. The Morgan fingerprint density at radius 3 is 2.53 bits per heavy atom. The predicted molar refractivity (Wildman–Crippen MR) is 78.6 cm³/mol. The zero-order valence-corrected chi connectivity index (χ0v) is 11.9. The van der Waals surface area contributed by atoms with Crippen molar-refractivity contribution in [3.63, 3.8) is 0 Å². The van der Waals surface area contributed by atoms with E-state index in [1.807, 2.05) is 40.0 Å². The van der Waals surface area contributed by atoms with Crippen molar-refractivity contribution >= 4 is 16.9 Å². The van der Waals surface area contributed by atoms with Crippen LogP contribution < -0.4 is 5.73 Å². The molecule has 0 aliphatic rings. The number of carbonyl (C=O) groups is 1. The third-order valence-corrected chi connectivity index (χ3v) is 2.66. The lowest BCUT2D eigenvalue weighted by Gasteiger charge is -2.17. The van der Waals surface area contributed by atoms with Gasteiger partial charge in [0, 0.05) is 22.6 Å². The summed E-state index contributed by atoms with van der Waals surface area (Å²) in [6.07, 6.45) is 2.64. The first-order chi connectivity index (χ1) is 8.87. The molecular weight excluding hydrogens is 240 g/mol. The minimum absolute atomic E-state index is 0.277. The number of nitrogens with two attached hydrogens (primary N) is 1. The quantitative estimate of drug-likeness (QED) is 0.794. The van der Waals surface area contributed by atoms with Crippen molar-refractivity contribution in [1.29, 1.82) is 0 Å². The number of nitrogens with one attached hydrogen (secondary N) is 1. The molecule has 0 spiro atoms. The molecule has 1 aromatic carbocycles. The number of aromatic carboxylic acids is 1. The molecule has 0 aliphatic heterocycles. The highest BCUT2D eigenvalue weighted by atomic mass is 16.4. The SMILES string of the molecule is CC.CC(C)(N)Cc1c[nH]c2cc(C(=O)O)ccc12. The molecule has 104 valence electrons. The predicted octanol–water partition coefficient (Wildman–Crippen LogP) is 3.17. The fraction of sp³-hybridized carbons (Fsp3) is 0.400. The van der Waals surface area contributed by atoms with Gasteiger partial charge in [-0.2, -0.15) is 0 Å². The molecule has 0 aliphatic carbocycles. The summed E-state index contributed by atoms with van der Waals surface area (Å²) < 4.78 is 0. The van der Waals surface area contributed by atoms with Gasteiger partial charge in [0.25, 0.3) is 0 Å². The Morgan fingerprint density at radius 1 is 1.37 bits per heavy atom. The molecule has 4 N–H and O–H groups in total. The van der Waals surface area contributed by atoms with Crippen LogP contribution in [0.25, 0.3) is 10.9 Å². The highest BCUT2D eigenvalue weighted by molar-refractivity contribution is 5.94. The first-order valence-electron chi connectivity index (χ1n) is 6.49. The number of fused-ring (bicyclic) bond motifs is 1. The maximum absolute atomic E-state index is 10.8. The minimum Gasteiger partial charge on any atom is -0.478 e. The Hall–Kier alpha value is -1.81. The first-order valence-corrected chi connectivity index (χ1v) is 6.49. The zero-order valence-electron chi connectivity index (χ0n) is 11.9. The van der Waals surface area contributed by atoms with Gasteiger partial charge in [0.15, 0.2) is 0 Å². The lowest BCUT2D eigenvalue weighted by Crippen LogP contribution is -2.34. The van der Waals surface area contributed by atoms with Crippen LogP contribution in [-0.2, 0) is 6.42 Å². The van der Waals surface area contributed by atoms with E-state index in [1.54, 1.807) is 12.1 Å². The number of hydrogen-bond donors (Lipinski definition) is 3. The molecule has 0 atom stereocenters. The second-order valence-electron chi connectivity index (χ2n) is 5.04. The van der Waals surface area contributed by atoms with Crippen LogP contribution in [0.15, 0.2) is 24.4 Å². The van der Waals surface area contributed by atoms with E-state index in [2.05, 4.69) is 4.98 Å². The number of hydrogen-bond acceptors (Lipinski definition) is 2. The molecule has 2 aromatic rings. The van der Waals surface area contributed by atoms with Gasteiger partial charge in [0.2, 0.25) is 0 Å². The number of carboxylic acid groups (broad SMARTS) is 1. The molecular formula is C15H22N2O2. The van der Waals surface area contributed by atoms with E-state index in [0.29, 0.717) is 0 Å². The molecule has 0 bridgehead atoms. The smallest absolute Gasteiger partial charge is 0.335 e. The lowest BCUT2D eigenvalue weighted by atomic mass is 9.96. The Labute approximate surface area is 113 Å². The first kappa shape index (κ1) is 15.2. The van der Waals surface area contributed by atoms with Crippen molar-refractivity contribution < 1.29 is 9.90 Å². The molecule has 4 heteroatoms. The van der Waals surface area contributed by atoms with Gasteiger partial charge in [0.1, 0.15) is 0 Å². The highest BCUT2D eigenvalue weighted by Crippen LogP contribution is 2.22. The molecule has 0 saturated carbocycles. The van der Waals surface area contributed by atoms with Crippen molar-refractivity contribution in [3.05, 3.63) is 35.5 Å². The topological polar surface area (TPSA) is 79.1 Å². The maximum Gasteiger partial charge on any atom is 0.335 e. The van der Waals surface area contributed by atoms with Crippen LogP contribution in [-0.4, -0.2) is 21.6 Å². The van der Waals surface area contributed by atoms with Crippen LogP contribution in [0.4, 0.5) is 0 Å². The molecule has 0 saturated heterocycles. The third kappa shape index (κ3) is 3.83. The molecule has 4 nitrogen and oxygen atoms in total. The van der Waals surface area contributed by atoms with Gasteiger partial charge in [0.05, 0.1) is 5.56 Å². The Kier molecular flexibility index (Phi) is 4.72. The molecule has 1 aromatic heterocycles. The van der Waals surface area contributed by atoms with Crippen molar-refractivity contribution in [1.82, 2.24) is 4.98 Å². The number of rotatable bonds is 3. The monoisotopic (exact) mass is 262 g/mol. The Morgan fingerprint density at radius 2 is 2.00 bits per heavy atom.